The summed E-state index contributed by atoms with van der Waals surface area (Å²) in [6.45, 7) is 9.84. The number of aromatic nitrogens is 3. The number of imide groups is 1. The standard InChI is InChI=1S/C16H21N5O3S/c1-5-7-21-13(11-6-8-24-10(11)4)19-20-16(21)25-12(9(2)3)14(22)18-15(17)23/h5-6,8-9,12H,1,7H2,2-4H3,(H3,17,18,22,23)/t12-/m1/s1. The van der Waals surface area contributed by atoms with Crippen LogP contribution in [0.25, 0.3) is 11.4 Å². The van der Waals surface area contributed by atoms with Gasteiger partial charge in [-0.15, -0.1) is 16.8 Å². The minimum absolute atomic E-state index is 0.0441. The van der Waals surface area contributed by atoms with Crippen LogP contribution in [0, 0.1) is 12.8 Å². The van der Waals surface area contributed by atoms with Crippen molar-refractivity contribution in [3.8, 4) is 11.4 Å². The Morgan fingerprint density at radius 1 is 1.48 bits per heavy atom. The number of allylic oxidation sites excluding steroid dienone is 1. The lowest BCUT2D eigenvalue weighted by Gasteiger charge is -2.18. The number of carbonyl (C=O) groups excluding carboxylic acids is 2. The molecule has 2 rings (SSSR count). The lowest BCUT2D eigenvalue weighted by atomic mass is 10.1. The number of amides is 3. The summed E-state index contributed by atoms with van der Waals surface area (Å²) < 4.78 is 7.18. The Labute approximate surface area is 149 Å². The third-order valence-corrected chi connectivity index (χ3v) is 5.00. The fourth-order valence-corrected chi connectivity index (χ4v) is 3.33. The highest BCUT2D eigenvalue weighted by Crippen LogP contribution is 2.31. The molecule has 0 aliphatic rings. The van der Waals surface area contributed by atoms with Crippen LogP contribution < -0.4 is 11.1 Å². The molecule has 1 atom stereocenters. The molecule has 0 aromatic carbocycles. The van der Waals surface area contributed by atoms with Gasteiger partial charge in [0.1, 0.15) is 5.76 Å². The van der Waals surface area contributed by atoms with Gasteiger partial charge in [-0.05, 0) is 18.9 Å². The van der Waals surface area contributed by atoms with E-state index >= 15 is 0 Å². The van der Waals surface area contributed by atoms with Gasteiger partial charge >= 0.3 is 6.03 Å². The Morgan fingerprint density at radius 3 is 2.72 bits per heavy atom. The predicted octanol–water partition coefficient (Wildman–Crippen LogP) is 2.34. The Kier molecular flexibility index (Phi) is 6.02. The van der Waals surface area contributed by atoms with Crippen molar-refractivity contribution in [2.45, 2.75) is 37.7 Å². The molecule has 0 radical (unpaired) electrons. The second-order valence-corrected chi connectivity index (χ2v) is 6.84. The number of nitrogens with one attached hydrogen (secondary N) is 1. The van der Waals surface area contributed by atoms with E-state index in [1.807, 2.05) is 31.4 Å². The Hall–Kier alpha value is -2.55. The third kappa shape index (κ3) is 4.30. The molecule has 2 aromatic heterocycles. The summed E-state index contributed by atoms with van der Waals surface area (Å²) >= 11 is 1.23. The van der Waals surface area contributed by atoms with Gasteiger partial charge in [-0.25, -0.2) is 4.79 Å². The van der Waals surface area contributed by atoms with Crippen LogP contribution in [0.5, 0.6) is 0 Å². The summed E-state index contributed by atoms with van der Waals surface area (Å²) in [5, 5.41) is 10.6. The zero-order valence-corrected chi connectivity index (χ0v) is 15.2. The first-order valence-electron chi connectivity index (χ1n) is 7.70. The van der Waals surface area contributed by atoms with E-state index in [-0.39, 0.29) is 5.92 Å². The summed E-state index contributed by atoms with van der Waals surface area (Å²) in [5.41, 5.74) is 5.87. The van der Waals surface area contributed by atoms with Crippen molar-refractivity contribution in [2.75, 3.05) is 0 Å². The molecule has 134 valence electrons. The lowest BCUT2D eigenvalue weighted by Crippen LogP contribution is -2.42. The molecule has 3 amide bonds. The average Bonchev–Trinajstić information content (AvgIpc) is 3.10. The highest BCUT2D eigenvalue weighted by Gasteiger charge is 2.28. The molecule has 9 heteroatoms. The van der Waals surface area contributed by atoms with E-state index in [2.05, 4.69) is 22.1 Å². The van der Waals surface area contributed by atoms with Gasteiger partial charge in [-0.3, -0.25) is 14.7 Å². The number of hydrogen-bond acceptors (Lipinski definition) is 6. The molecule has 8 nitrogen and oxygen atoms in total. The third-order valence-electron chi connectivity index (χ3n) is 3.47. The second-order valence-electron chi connectivity index (χ2n) is 5.73. The maximum absolute atomic E-state index is 12.2. The summed E-state index contributed by atoms with van der Waals surface area (Å²) in [4.78, 5) is 23.2. The van der Waals surface area contributed by atoms with Gasteiger partial charge in [0.2, 0.25) is 5.91 Å². The zero-order valence-electron chi connectivity index (χ0n) is 14.4. The molecular weight excluding hydrogens is 342 g/mol. The van der Waals surface area contributed by atoms with Gasteiger partial charge < -0.3 is 10.2 Å². The second kappa shape index (κ2) is 8.02. The van der Waals surface area contributed by atoms with E-state index in [9.17, 15) is 9.59 Å². The molecule has 2 aromatic rings. The molecule has 0 aliphatic carbocycles. The fraction of sp³-hybridized carbons (Fsp3) is 0.375. The summed E-state index contributed by atoms with van der Waals surface area (Å²) in [5.74, 6) is 0.853. The number of thioether (sulfide) groups is 1. The van der Waals surface area contributed by atoms with E-state index in [4.69, 9.17) is 10.2 Å². The summed E-state index contributed by atoms with van der Waals surface area (Å²) in [6, 6.07) is 0.936. The molecule has 0 saturated carbocycles. The van der Waals surface area contributed by atoms with Crippen molar-refractivity contribution in [1.29, 1.82) is 0 Å². The Morgan fingerprint density at radius 2 is 2.20 bits per heavy atom. The maximum Gasteiger partial charge on any atom is 0.318 e. The van der Waals surface area contributed by atoms with Crippen LogP contribution in [0.4, 0.5) is 4.79 Å². The quantitative estimate of drug-likeness (QED) is 0.576. The van der Waals surface area contributed by atoms with E-state index in [0.717, 1.165) is 11.3 Å². The van der Waals surface area contributed by atoms with E-state index in [1.165, 1.54) is 11.8 Å². The fourth-order valence-electron chi connectivity index (χ4n) is 2.28. The number of hydrogen-bond donors (Lipinski definition) is 2. The van der Waals surface area contributed by atoms with Crippen molar-refractivity contribution < 1.29 is 14.0 Å². The minimum Gasteiger partial charge on any atom is -0.469 e. The van der Waals surface area contributed by atoms with Crippen LogP contribution in [-0.2, 0) is 11.3 Å². The summed E-state index contributed by atoms with van der Waals surface area (Å²) in [7, 11) is 0. The van der Waals surface area contributed by atoms with Crippen molar-refractivity contribution in [3.63, 3.8) is 0 Å². The SMILES string of the molecule is C=CCn1c(S[C@@H](C(=O)NC(N)=O)C(C)C)nnc1-c1ccoc1C. The van der Waals surface area contributed by atoms with Crippen LogP contribution in [0.1, 0.15) is 19.6 Å². The van der Waals surface area contributed by atoms with Crippen LogP contribution in [0.2, 0.25) is 0 Å². The average molecular weight is 363 g/mol. The first-order valence-corrected chi connectivity index (χ1v) is 8.58. The van der Waals surface area contributed by atoms with Gasteiger partial charge in [0.25, 0.3) is 0 Å². The van der Waals surface area contributed by atoms with Crippen LogP contribution in [0.15, 0.2) is 34.6 Å². The van der Waals surface area contributed by atoms with Crippen LogP contribution in [-0.4, -0.2) is 32.0 Å². The number of aryl methyl sites for hydroxylation is 1. The molecule has 25 heavy (non-hydrogen) atoms. The number of urea groups is 1. The topological polar surface area (TPSA) is 116 Å². The van der Waals surface area contributed by atoms with E-state index < -0.39 is 17.2 Å². The van der Waals surface area contributed by atoms with Crippen molar-refractivity contribution >= 4 is 23.7 Å². The smallest absolute Gasteiger partial charge is 0.318 e. The molecule has 0 unspecified atom stereocenters. The molecular formula is C16H21N5O3S. The Bertz CT molecular complexity index is 781. The number of rotatable bonds is 7. The van der Waals surface area contributed by atoms with Gasteiger partial charge in [0.15, 0.2) is 11.0 Å². The predicted molar refractivity (Wildman–Crippen MR) is 94.9 cm³/mol. The lowest BCUT2D eigenvalue weighted by molar-refractivity contribution is -0.120. The molecule has 3 N–H and O–H groups in total. The number of primary amides is 1. The minimum atomic E-state index is -0.876. The number of nitrogens with zero attached hydrogens (tertiary/aromatic N) is 3. The molecule has 0 saturated heterocycles. The van der Waals surface area contributed by atoms with Gasteiger partial charge in [-0.2, -0.15) is 0 Å². The molecule has 2 heterocycles. The molecule has 0 bridgehead atoms. The van der Waals surface area contributed by atoms with Crippen molar-refractivity contribution in [1.82, 2.24) is 20.1 Å². The molecule has 0 aliphatic heterocycles. The zero-order chi connectivity index (χ0) is 18.6. The number of carbonyl (C=O) groups is 2. The maximum atomic E-state index is 12.2. The van der Waals surface area contributed by atoms with E-state index in [1.54, 1.807) is 12.3 Å². The van der Waals surface area contributed by atoms with Gasteiger partial charge in [-0.1, -0.05) is 31.7 Å². The normalized spacial score (nSPS) is 12.2. The first-order chi connectivity index (χ1) is 11.8. The first kappa shape index (κ1) is 18.8. The van der Waals surface area contributed by atoms with Gasteiger partial charge in [0.05, 0.1) is 17.1 Å². The van der Waals surface area contributed by atoms with Gasteiger partial charge in [0, 0.05) is 6.54 Å². The monoisotopic (exact) mass is 363 g/mol. The van der Waals surface area contributed by atoms with E-state index in [0.29, 0.717) is 17.5 Å². The highest BCUT2D eigenvalue weighted by molar-refractivity contribution is 8.00. The van der Waals surface area contributed by atoms with Crippen molar-refractivity contribution in [3.05, 3.63) is 30.7 Å². The highest BCUT2D eigenvalue weighted by atomic mass is 32.2. The van der Waals surface area contributed by atoms with Crippen molar-refractivity contribution in [2.24, 2.45) is 11.7 Å². The number of nitrogens with two attached hydrogens (primary N) is 1. The molecule has 0 spiro atoms. The number of furan rings is 1. The Balaban J connectivity index is 2.36. The largest absolute Gasteiger partial charge is 0.469 e. The molecule has 0 fully saturated rings. The van der Waals surface area contributed by atoms with Crippen LogP contribution >= 0.6 is 11.8 Å². The summed E-state index contributed by atoms with van der Waals surface area (Å²) in [6.07, 6.45) is 3.31. The van der Waals surface area contributed by atoms with Crippen LogP contribution in [0.3, 0.4) is 0 Å².